The predicted molar refractivity (Wildman–Crippen MR) is 146 cm³/mol. The van der Waals surface area contributed by atoms with Gasteiger partial charge in [0.15, 0.2) is 23.0 Å². The quantitative estimate of drug-likeness (QED) is 0.348. The van der Waals surface area contributed by atoms with E-state index < -0.39 is 0 Å². The Morgan fingerprint density at radius 2 is 1.76 bits per heavy atom. The van der Waals surface area contributed by atoms with Crippen molar-refractivity contribution in [1.29, 1.82) is 0 Å². The maximum Gasteiger partial charge on any atom is 0.254 e. The number of benzene rings is 2. The summed E-state index contributed by atoms with van der Waals surface area (Å²) in [5, 5.41) is 3.42. The monoisotopic (exact) mass is 530 g/mol. The Bertz CT molecular complexity index is 1030. The molecule has 9 heteroatoms. The van der Waals surface area contributed by atoms with E-state index in [0.29, 0.717) is 54.9 Å². The van der Waals surface area contributed by atoms with Gasteiger partial charge in [-0.2, -0.15) is 0 Å². The van der Waals surface area contributed by atoms with Crippen molar-refractivity contribution in [3.8, 4) is 23.0 Å². The molecule has 0 radical (unpaired) electrons. The molecule has 0 aliphatic carbocycles. The van der Waals surface area contributed by atoms with Gasteiger partial charge in [0.05, 0.1) is 40.6 Å². The largest absolute Gasteiger partial charge is 0.493 e. The highest BCUT2D eigenvalue weighted by molar-refractivity contribution is 5.95. The molecule has 3 rings (SSSR count). The van der Waals surface area contributed by atoms with Crippen LogP contribution in [0.3, 0.4) is 0 Å². The van der Waals surface area contributed by atoms with Gasteiger partial charge in [-0.1, -0.05) is 12.1 Å². The number of hydrogen-bond donors (Lipinski definition) is 1. The zero-order valence-corrected chi connectivity index (χ0v) is 23.5. The van der Waals surface area contributed by atoms with Gasteiger partial charge in [0.2, 0.25) is 0 Å². The summed E-state index contributed by atoms with van der Waals surface area (Å²) in [6, 6.07) is 11.1. The van der Waals surface area contributed by atoms with Crippen LogP contribution in [0.1, 0.15) is 36.2 Å². The summed E-state index contributed by atoms with van der Waals surface area (Å²) in [5.41, 5.74) is 1.48. The van der Waals surface area contributed by atoms with Crippen LogP contribution in [0.4, 0.5) is 0 Å². The first-order valence-electron chi connectivity index (χ1n) is 13.1. The van der Waals surface area contributed by atoms with E-state index in [2.05, 4.69) is 5.32 Å². The summed E-state index contributed by atoms with van der Waals surface area (Å²) in [7, 11) is 6.50. The first-order valence-corrected chi connectivity index (χ1v) is 13.1. The molecule has 1 saturated heterocycles. The van der Waals surface area contributed by atoms with E-state index in [9.17, 15) is 4.79 Å². The van der Waals surface area contributed by atoms with Gasteiger partial charge in [-0.25, -0.2) is 0 Å². The van der Waals surface area contributed by atoms with E-state index in [1.807, 2.05) is 36.9 Å². The molecule has 1 N–H and O–H groups in total. The zero-order valence-electron chi connectivity index (χ0n) is 23.5. The van der Waals surface area contributed by atoms with Crippen LogP contribution in [0.5, 0.6) is 23.0 Å². The Morgan fingerprint density at radius 1 is 0.974 bits per heavy atom. The fraction of sp³-hybridized carbons (Fsp3) is 0.552. The van der Waals surface area contributed by atoms with Crippen molar-refractivity contribution < 1.29 is 33.2 Å². The van der Waals surface area contributed by atoms with Crippen LogP contribution < -0.4 is 24.3 Å². The Kier molecular flexibility index (Phi) is 11.5. The van der Waals surface area contributed by atoms with Crippen LogP contribution in [0.25, 0.3) is 0 Å². The highest BCUT2D eigenvalue weighted by Crippen LogP contribution is 2.32. The van der Waals surface area contributed by atoms with Gasteiger partial charge in [-0.15, -0.1) is 0 Å². The lowest BCUT2D eigenvalue weighted by Crippen LogP contribution is -2.43. The second-order valence-corrected chi connectivity index (χ2v) is 9.53. The molecule has 2 aromatic carbocycles. The standard InChI is InChI=1S/C29H42N2O7/c1-20(2)31(29(32)21-11-12-24(34-4)26(15-21)37-14-8-13-33-3)18-23-16-30-17-27(23)38-19-22-9-7-10-25(35-5)28(22)36-6/h7,9-12,15,20,23,27,30H,8,13-14,16-19H2,1-6H3/t23-,27-/m0/s1. The third-order valence-corrected chi connectivity index (χ3v) is 6.69. The molecule has 0 bridgehead atoms. The van der Waals surface area contributed by atoms with Gasteiger partial charge in [-0.3, -0.25) is 4.79 Å². The van der Waals surface area contributed by atoms with E-state index in [4.69, 9.17) is 28.4 Å². The van der Waals surface area contributed by atoms with E-state index in [1.54, 1.807) is 46.6 Å². The van der Waals surface area contributed by atoms with Gasteiger partial charge in [-0.05, 0) is 38.1 Å². The Labute approximate surface area is 226 Å². The number of rotatable bonds is 15. The molecule has 210 valence electrons. The van der Waals surface area contributed by atoms with Crippen LogP contribution in [-0.4, -0.2) is 84.2 Å². The lowest BCUT2D eigenvalue weighted by Gasteiger charge is -2.31. The molecule has 2 atom stereocenters. The first kappa shape index (κ1) is 29.5. The summed E-state index contributed by atoms with van der Waals surface area (Å²) in [6.45, 7) is 7.59. The maximum atomic E-state index is 13.7. The summed E-state index contributed by atoms with van der Waals surface area (Å²) in [4.78, 5) is 15.6. The summed E-state index contributed by atoms with van der Waals surface area (Å²) >= 11 is 0. The molecular weight excluding hydrogens is 488 g/mol. The van der Waals surface area contributed by atoms with Crippen molar-refractivity contribution >= 4 is 5.91 Å². The average Bonchev–Trinajstić information content (AvgIpc) is 3.38. The maximum absolute atomic E-state index is 13.7. The van der Waals surface area contributed by atoms with Gasteiger partial charge in [0, 0.05) is 62.9 Å². The van der Waals surface area contributed by atoms with E-state index >= 15 is 0 Å². The number of ether oxygens (including phenoxy) is 6. The number of methoxy groups -OCH3 is 4. The van der Waals surface area contributed by atoms with Crippen molar-refractivity contribution in [2.24, 2.45) is 5.92 Å². The molecule has 38 heavy (non-hydrogen) atoms. The minimum atomic E-state index is -0.0514. The number of hydrogen-bond acceptors (Lipinski definition) is 8. The van der Waals surface area contributed by atoms with Gasteiger partial charge in [0.1, 0.15) is 0 Å². The molecule has 1 heterocycles. The normalized spacial score (nSPS) is 16.9. The number of amides is 1. The van der Waals surface area contributed by atoms with Crippen LogP contribution in [-0.2, 0) is 16.1 Å². The smallest absolute Gasteiger partial charge is 0.254 e. The molecule has 1 aliphatic rings. The molecular formula is C29H42N2O7. The third-order valence-electron chi connectivity index (χ3n) is 6.69. The molecule has 0 saturated carbocycles. The molecule has 1 aliphatic heterocycles. The zero-order chi connectivity index (χ0) is 27.5. The van der Waals surface area contributed by atoms with Crippen molar-refractivity contribution in [2.75, 3.05) is 61.3 Å². The van der Waals surface area contributed by atoms with Crippen molar-refractivity contribution in [3.63, 3.8) is 0 Å². The molecule has 0 aromatic heterocycles. The lowest BCUT2D eigenvalue weighted by molar-refractivity contribution is 0.0121. The van der Waals surface area contributed by atoms with Gasteiger partial charge < -0.3 is 38.6 Å². The van der Waals surface area contributed by atoms with Crippen molar-refractivity contribution in [3.05, 3.63) is 47.5 Å². The van der Waals surface area contributed by atoms with Crippen LogP contribution in [0.2, 0.25) is 0 Å². The molecule has 2 aromatic rings. The van der Waals surface area contributed by atoms with E-state index in [0.717, 1.165) is 25.1 Å². The summed E-state index contributed by atoms with van der Waals surface area (Å²) < 4.78 is 33.7. The predicted octanol–water partition coefficient (Wildman–Crippen LogP) is 3.78. The second-order valence-electron chi connectivity index (χ2n) is 9.53. The van der Waals surface area contributed by atoms with Crippen molar-refractivity contribution in [2.45, 2.75) is 39.0 Å². The fourth-order valence-electron chi connectivity index (χ4n) is 4.61. The van der Waals surface area contributed by atoms with Crippen LogP contribution in [0, 0.1) is 5.92 Å². The van der Waals surface area contributed by atoms with Gasteiger partial charge >= 0.3 is 0 Å². The highest BCUT2D eigenvalue weighted by atomic mass is 16.5. The van der Waals surface area contributed by atoms with E-state index in [-0.39, 0.29) is 24.0 Å². The topological polar surface area (TPSA) is 87.7 Å². The molecule has 0 unspecified atom stereocenters. The Morgan fingerprint density at radius 3 is 2.45 bits per heavy atom. The SMILES string of the molecule is COCCCOc1cc(C(=O)N(C[C@@H]2CNC[C@@H]2OCc2cccc(OC)c2OC)C(C)C)ccc1OC. The number of nitrogens with zero attached hydrogens (tertiary/aromatic N) is 1. The Hall–Kier alpha value is -3.01. The van der Waals surface area contributed by atoms with Gasteiger partial charge in [0.25, 0.3) is 5.91 Å². The number of para-hydroxylation sites is 1. The Balaban J connectivity index is 1.70. The lowest BCUT2D eigenvalue weighted by atomic mass is 10.0. The minimum Gasteiger partial charge on any atom is -0.493 e. The highest BCUT2D eigenvalue weighted by Gasteiger charge is 2.32. The summed E-state index contributed by atoms with van der Waals surface area (Å²) in [6.07, 6.45) is 0.698. The van der Waals surface area contributed by atoms with Crippen LogP contribution in [0.15, 0.2) is 36.4 Å². The minimum absolute atomic E-state index is 0.00963. The molecule has 1 amide bonds. The fourth-order valence-corrected chi connectivity index (χ4v) is 4.61. The van der Waals surface area contributed by atoms with Crippen molar-refractivity contribution in [1.82, 2.24) is 10.2 Å². The van der Waals surface area contributed by atoms with E-state index in [1.165, 1.54) is 0 Å². The number of nitrogens with one attached hydrogen (secondary N) is 1. The molecule has 1 fully saturated rings. The third kappa shape index (κ3) is 7.52. The molecule has 0 spiro atoms. The first-order chi connectivity index (χ1) is 18.4. The average molecular weight is 531 g/mol. The second kappa shape index (κ2) is 14.8. The number of carbonyl (C=O) groups excluding carboxylic acids is 1. The molecule has 9 nitrogen and oxygen atoms in total. The van der Waals surface area contributed by atoms with Crippen LogP contribution >= 0.6 is 0 Å². The summed E-state index contributed by atoms with van der Waals surface area (Å²) in [5.74, 6) is 2.58. The number of carbonyl (C=O) groups is 1.